The van der Waals surface area contributed by atoms with Crippen molar-refractivity contribution < 1.29 is 24.2 Å². The summed E-state index contributed by atoms with van der Waals surface area (Å²) in [4.78, 5) is 26.7. The van der Waals surface area contributed by atoms with Crippen molar-refractivity contribution in [2.75, 3.05) is 32.8 Å². The fourth-order valence-electron chi connectivity index (χ4n) is 6.05. The Hall–Kier alpha value is -1.14. The van der Waals surface area contributed by atoms with Gasteiger partial charge in [0.1, 0.15) is 6.10 Å². The molecule has 0 aliphatic rings. The van der Waals surface area contributed by atoms with Gasteiger partial charge in [0.15, 0.2) is 0 Å². The number of aliphatic hydroxyl groups excluding tert-OH is 1. The molecule has 0 aliphatic carbocycles. The van der Waals surface area contributed by atoms with E-state index in [1.807, 2.05) is 0 Å². The van der Waals surface area contributed by atoms with Crippen LogP contribution in [0.3, 0.4) is 0 Å². The van der Waals surface area contributed by atoms with Crippen LogP contribution in [0.15, 0.2) is 0 Å². The normalized spacial score (nSPS) is 11.8. The van der Waals surface area contributed by atoms with E-state index in [-0.39, 0.29) is 32.1 Å². The van der Waals surface area contributed by atoms with Gasteiger partial charge in [0, 0.05) is 19.4 Å². The molecular formula is C40H81NO5. The maximum atomic E-state index is 12.4. The van der Waals surface area contributed by atoms with E-state index in [0.717, 1.165) is 96.7 Å². The van der Waals surface area contributed by atoms with Crippen LogP contribution < -0.4 is 0 Å². The van der Waals surface area contributed by atoms with Crippen LogP contribution >= 0.6 is 0 Å². The molecule has 0 saturated carbocycles. The molecule has 0 aliphatic heterocycles. The molecule has 0 fully saturated rings. The third-order valence-electron chi connectivity index (χ3n) is 8.93. The lowest BCUT2D eigenvalue weighted by atomic mass is 10.0. The van der Waals surface area contributed by atoms with E-state index in [2.05, 4.69) is 25.7 Å². The molecule has 6 heteroatoms. The van der Waals surface area contributed by atoms with E-state index < -0.39 is 0 Å². The molecule has 0 aromatic carbocycles. The van der Waals surface area contributed by atoms with Crippen molar-refractivity contribution in [3.63, 3.8) is 0 Å². The van der Waals surface area contributed by atoms with Crippen molar-refractivity contribution in [3.8, 4) is 0 Å². The molecule has 46 heavy (non-hydrogen) atoms. The van der Waals surface area contributed by atoms with Crippen molar-refractivity contribution >= 4 is 11.9 Å². The van der Waals surface area contributed by atoms with E-state index in [9.17, 15) is 14.7 Å². The number of aliphatic hydroxyl groups is 1. The number of unbranched alkanes of at least 4 members (excludes halogenated alkanes) is 19. The van der Waals surface area contributed by atoms with Gasteiger partial charge < -0.3 is 19.5 Å². The van der Waals surface area contributed by atoms with Gasteiger partial charge in [-0.25, -0.2) is 0 Å². The molecule has 1 atom stereocenters. The molecule has 0 saturated heterocycles. The molecule has 0 radical (unpaired) electrons. The summed E-state index contributed by atoms with van der Waals surface area (Å²) in [6.45, 7) is 10.3. The van der Waals surface area contributed by atoms with Crippen molar-refractivity contribution in [1.82, 2.24) is 4.90 Å². The SMILES string of the molecule is C.CCCCCCCCCOC(=O)CCCCCCCN(CCO)CCCCCCCC(=O)OC(CCC)CCCCCCCC. The Morgan fingerprint density at radius 3 is 1.50 bits per heavy atom. The van der Waals surface area contributed by atoms with Crippen LogP contribution in [0.25, 0.3) is 0 Å². The average Bonchev–Trinajstić information content (AvgIpc) is 3.03. The van der Waals surface area contributed by atoms with Gasteiger partial charge in [0.05, 0.1) is 13.2 Å². The van der Waals surface area contributed by atoms with Gasteiger partial charge in [-0.15, -0.1) is 0 Å². The minimum atomic E-state index is -0.0329. The summed E-state index contributed by atoms with van der Waals surface area (Å²) in [5.74, 6) is -0.0401. The molecule has 1 unspecified atom stereocenters. The fourth-order valence-corrected chi connectivity index (χ4v) is 6.05. The van der Waals surface area contributed by atoms with Crippen LogP contribution in [-0.2, 0) is 19.1 Å². The third-order valence-corrected chi connectivity index (χ3v) is 8.93. The zero-order valence-corrected chi connectivity index (χ0v) is 30.4. The van der Waals surface area contributed by atoms with Gasteiger partial charge in [-0.3, -0.25) is 9.59 Å². The zero-order chi connectivity index (χ0) is 33.1. The first kappa shape index (κ1) is 47.0. The number of esters is 2. The van der Waals surface area contributed by atoms with Gasteiger partial charge in [-0.1, -0.05) is 144 Å². The summed E-state index contributed by atoms with van der Waals surface area (Å²) in [7, 11) is 0. The largest absolute Gasteiger partial charge is 0.466 e. The molecule has 0 heterocycles. The highest BCUT2D eigenvalue weighted by molar-refractivity contribution is 5.69. The Bertz CT molecular complexity index is 629. The highest BCUT2D eigenvalue weighted by Crippen LogP contribution is 2.16. The second kappa shape index (κ2) is 38.3. The van der Waals surface area contributed by atoms with E-state index >= 15 is 0 Å². The Balaban J connectivity index is 0. The second-order valence-electron chi connectivity index (χ2n) is 13.4. The maximum Gasteiger partial charge on any atom is 0.306 e. The number of ether oxygens (including phenoxy) is 2. The molecule has 0 bridgehead atoms. The van der Waals surface area contributed by atoms with E-state index in [1.165, 1.54) is 89.9 Å². The Kier molecular flexibility index (Phi) is 39.1. The van der Waals surface area contributed by atoms with E-state index in [1.54, 1.807) is 0 Å². The van der Waals surface area contributed by atoms with Gasteiger partial charge in [0.25, 0.3) is 0 Å². The number of carbonyl (C=O) groups is 2. The number of rotatable bonds is 36. The first-order chi connectivity index (χ1) is 22.1. The summed E-state index contributed by atoms with van der Waals surface area (Å²) in [6.07, 6.45) is 31.6. The van der Waals surface area contributed by atoms with Crippen LogP contribution in [0, 0.1) is 0 Å². The molecule has 6 nitrogen and oxygen atoms in total. The van der Waals surface area contributed by atoms with Crippen molar-refractivity contribution in [2.45, 2.75) is 214 Å². The third kappa shape index (κ3) is 34.2. The zero-order valence-electron chi connectivity index (χ0n) is 30.4. The molecule has 0 rings (SSSR count). The number of nitrogens with zero attached hydrogens (tertiary/aromatic N) is 1. The molecule has 0 aromatic rings. The van der Waals surface area contributed by atoms with Crippen LogP contribution in [0.1, 0.15) is 208 Å². The lowest BCUT2D eigenvalue weighted by molar-refractivity contribution is -0.150. The summed E-state index contributed by atoms with van der Waals surface area (Å²) >= 11 is 0. The molecule has 276 valence electrons. The predicted molar refractivity (Wildman–Crippen MR) is 197 cm³/mol. The summed E-state index contributed by atoms with van der Waals surface area (Å²) in [5.41, 5.74) is 0. The van der Waals surface area contributed by atoms with Gasteiger partial charge >= 0.3 is 11.9 Å². The minimum absolute atomic E-state index is 0. The van der Waals surface area contributed by atoms with Crippen LogP contribution in [-0.4, -0.2) is 60.9 Å². The van der Waals surface area contributed by atoms with Crippen LogP contribution in [0.4, 0.5) is 0 Å². The maximum absolute atomic E-state index is 12.4. The van der Waals surface area contributed by atoms with Crippen molar-refractivity contribution in [2.24, 2.45) is 0 Å². The molecule has 0 amide bonds. The first-order valence-electron chi connectivity index (χ1n) is 19.8. The Morgan fingerprint density at radius 2 is 0.978 bits per heavy atom. The molecule has 0 spiro atoms. The van der Waals surface area contributed by atoms with Gasteiger partial charge in [-0.2, -0.15) is 0 Å². The van der Waals surface area contributed by atoms with Crippen molar-refractivity contribution in [1.29, 1.82) is 0 Å². The standard InChI is InChI=1S/C39H77NO5.CH4/c1-4-7-9-11-13-21-27-36-44-38(42)30-23-17-14-19-25-32-40(34-35-41)33-26-20-15-18-24-31-39(43)45-37(28-6-3)29-22-16-12-10-8-5-2;/h37,41H,4-36H2,1-3H3;1H4. The fraction of sp³-hybridized carbons (Fsp3) is 0.950. The van der Waals surface area contributed by atoms with Crippen LogP contribution in [0.2, 0.25) is 0 Å². The topological polar surface area (TPSA) is 76.1 Å². The minimum Gasteiger partial charge on any atom is -0.466 e. The number of hydrogen-bond acceptors (Lipinski definition) is 6. The highest BCUT2D eigenvalue weighted by atomic mass is 16.5. The molecule has 0 aromatic heterocycles. The van der Waals surface area contributed by atoms with E-state index in [4.69, 9.17) is 9.47 Å². The van der Waals surface area contributed by atoms with E-state index in [0.29, 0.717) is 19.4 Å². The quantitative estimate of drug-likeness (QED) is 0.0535. The predicted octanol–water partition coefficient (Wildman–Crippen LogP) is 11.4. The summed E-state index contributed by atoms with van der Waals surface area (Å²) < 4.78 is 11.2. The first-order valence-corrected chi connectivity index (χ1v) is 19.8. The van der Waals surface area contributed by atoms with Gasteiger partial charge in [-0.05, 0) is 64.5 Å². The number of carbonyl (C=O) groups excluding carboxylic acids is 2. The Morgan fingerprint density at radius 1 is 0.522 bits per heavy atom. The van der Waals surface area contributed by atoms with Crippen molar-refractivity contribution in [3.05, 3.63) is 0 Å². The average molecular weight is 656 g/mol. The lowest BCUT2D eigenvalue weighted by Gasteiger charge is -2.21. The monoisotopic (exact) mass is 656 g/mol. The lowest BCUT2D eigenvalue weighted by Crippen LogP contribution is -2.29. The summed E-state index contributed by atoms with van der Waals surface area (Å²) in [5, 5.41) is 9.48. The molecular weight excluding hydrogens is 574 g/mol. The second-order valence-corrected chi connectivity index (χ2v) is 13.4. The highest BCUT2D eigenvalue weighted by Gasteiger charge is 2.13. The summed E-state index contributed by atoms with van der Waals surface area (Å²) in [6, 6.07) is 0. The Labute approximate surface area is 287 Å². The number of hydrogen-bond donors (Lipinski definition) is 1. The smallest absolute Gasteiger partial charge is 0.306 e. The van der Waals surface area contributed by atoms with Crippen LogP contribution in [0.5, 0.6) is 0 Å². The van der Waals surface area contributed by atoms with Gasteiger partial charge in [0.2, 0.25) is 0 Å². The molecule has 1 N–H and O–H groups in total.